The van der Waals surface area contributed by atoms with Crippen LogP contribution in [0, 0.1) is 11.8 Å². The number of likely N-dealkylation sites (tertiary alicyclic amines) is 1. The monoisotopic (exact) mass is 394 g/mol. The van der Waals surface area contributed by atoms with E-state index in [9.17, 15) is 4.79 Å². The zero-order valence-electron chi connectivity index (χ0n) is 12.8. The molecule has 3 nitrogen and oxygen atoms in total. The first kappa shape index (κ1) is 16.7. The van der Waals surface area contributed by atoms with E-state index < -0.39 is 0 Å². The van der Waals surface area contributed by atoms with Crippen LogP contribution in [0.1, 0.15) is 16.8 Å². The molecule has 4 rings (SSSR count). The number of fused-ring (bicyclic) bond motifs is 2. The Morgan fingerprint density at radius 2 is 1.83 bits per heavy atom. The summed E-state index contributed by atoms with van der Waals surface area (Å²) in [5, 5.41) is 5.72. The van der Waals surface area contributed by atoms with Crippen molar-refractivity contribution in [2.24, 2.45) is 11.8 Å². The van der Waals surface area contributed by atoms with Gasteiger partial charge in [-0.05, 0) is 66.4 Å². The first-order valence-electron chi connectivity index (χ1n) is 7.90. The van der Waals surface area contributed by atoms with E-state index in [1.54, 1.807) is 0 Å². The zero-order valence-corrected chi connectivity index (χ0v) is 15.2. The second kappa shape index (κ2) is 6.80. The van der Waals surface area contributed by atoms with Crippen molar-refractivity contribution < 1.29 is 4.79 Å². The quantitative estimate of drug-likeness (QED) is 0.798. The van der Waals surface area contributed by atoms with Crippen LogP contribution < -0.4 is 5.32 Å². The second-order valence-corrected chi connectivity index (χ2v) is 7.34. The van der Waals surface area contributed by atoms with E-state index in [0.29, 0.717) is 5.92 Å². The minimum atomic E-state index is 0. The fourth-order valence-electron chi connectivity index (χ4n) is 3.75. The van der Waals surface area contributed by atoms with Crippen LogP contribution in [0.4, 0.5) is 0 Å². The second-order valence-electron chi connectivity index (χ2n) is 6.42. The fourth-order valence-corrected chi connectivity index (χ4v) is 4.13. The number of nitrogens with one attached hydrogen (secondary N) is 1. The van der Waals surface area contributed by atoms with Crippen LogP contribution in [0.5, 0.6) is 0 Å². The molecule has 0 radical (unpaired) electrons. The van der Waals surface area contributed by atoms with Gasteiger partial charge in [-0.1, -0.05) is 28.1 Å². The highest BCUT2D eigenvalue weighted by molar-refractivity contribution is 9.10. The number of nitrogens with zero attached hydrogens (tertiary/aromatic N) is 1. The predicted molar refractivity (Wildman–Crippen MR) is 99.3 cm³/mol. The maximum absolute atomic E-state index is 12.8. The van der Waals surface area contributed by atoms with Crippen LogP contribution in [0.25, 0.3) is 10.8 Å². The highest BCUT2D eigenvalue weighted by Crippen LogP contribution is 2.28. The van der Waals surface area contributed by atoms with Crippen molar-refractivity contribution in [3.63, 3.8) is 0 Å². The molecule has 5 heteroatoms. The number of carbonyl (C=O) groups excluding carboxylic acids is 1. The summed E-state index contributed by atoms with van der Waals surface area (Å²) in [6.07, 6.45) is 1.13. The van der Waals surface area contributed by atoms with E-state index in [-0.39, 0.29) is 18.3 Å². The van der Waals surface area contributed by atoms with Crippen molar-refractivity contribution in [2.45, 2.75) is 6.42 Å². The highest BCUT2D eigenvalue weighted by Gasteiger charge is 2.34. The number of hydrogen-bond acceptors (Lipinski definition) is 2. The number of rotatable bonds is 1. The van der Waals surface area contributed by atoms with Crippen molar-refractivity contribution in [1.29, 1.82) is 0 Å². The molecule has 2 aromatic carbocycles. The molecule has 122 valence electrons. The molecule has 2 fully saturated rings. The van der Waals surface area contributed by atoms with Gasteiger partial charge in [0.2, 0.25) is 0 Å². The lowest BCUT2D eigenvalue weighted by atomic mass is 9.88. The molecule has 23 heavy (non-hydrogen) atoms. The maximum Gasteiger partial charge on any atom is 0.253 e. The number of amides is 1. The minimum Gasteiger partial charge on any atom is -0.338 e. The first-order valence-corrected chi connectivity index (χ1v) is 8.69. The van der Waals surface area contributed by atoms with Crippen LogP contribution in [0.3, 0.4) is 0 Å². The Kier molecular flexibility index (Phi) is 4.95. The summed E-state index contributed by atoms with van der Waals surface area (Å²) in [6, 6.07) is 12.2. The third kappa shape index (κ3) is 3.25. The number of hydrogen-bond donors (Lipinski definition) is 1. The van der Waals surface area contributed by atoms with E-state index in [4.69, 9.17) is 0 Å². The minimum absolute atomic E-state index is 0. The third-order valence-electron chi connectivity index (χ3n) is 5.04. The summed E-state index contributed by atoms with van der Waals surface area (Å²) in [7, 11) is 0. The normalized spacial score (nSPS) is 23.4. The smallest absolute Gasteiger partial charge is 0.253 e. The van der Waals surface area contributed by atoms with Crippen molar-refractivity contribution in [1.82, 2.24) is 10.2 Å². The van der Waals surface area contributed by atoms with Gasteiger partial charge < -0.3 is 10.2 Å². The van der Waals surface area contributed by atoms with Gasteiger partial charge >= 0.3 is 0 Å². The molecule has 0 bridgehead atoms. The summed E-state index contributed by atoms with van der Waals surface area (Å²) in [4.78, 5) is 14.8. The topological polar surface area (TPSA) is 32.3 Å². The van der Waals surface area contributed by atoms with Gasteiger partial charge in [-0.3, -0.25) is 4.79 Å². The molecule has 0 spiro atoms. The van der Waals surface area contributed by atoms with Crippen LogP contribution in [0.2, 0.25) is 0 Å². The van der Waals surface area contributed by atoms with Crippen LogP contribution in [0.15, 0.2) is 40.9 Å². The Morgan fingerprint density at radius 3 is 2.70 bits per heavy atom. The molecule has 2 aliphatic heterocycles. The molecular formula is C18H20BrClN2O. The van der Waals surface area contributed by atoms with Crippen molar-refractivity contribution >= 4 is 45.0 Å². The van der Waals surface area contributed by atoms with Gasteiger partial charge in [-0.15, -0.1) is 12.4 Å². The molecule has 1 amide bonds. The van der Waals surface area contributed by atoms with Gasteiger partial charge in [0.05, 0.1) is 0 Å². The molecule has 0 aromatic heterocycles. The van der Waals surface area contributed by atoms with Crippen molar-refractivity contribution in [3.8, 4) is 0 Å². The Bertz CT molecular complexity index is 736. The van der Waals surface area contributed by atoms with E-state index in [0.717, 1.165) is 59.3 Å². The molecular weight excluding hydrogens is 376 g/mol. The van der Waals surface area contributed by atoms with Gasteiger partial charge in [0.1, 0.15) is 0 Å². The molecule has 2 unspecified atom stereocenters. The van der Waals surface area contributed by atoms with Gasteiger partial charge in [-0.25, -0.2) is 0 Å². The molecule has 2 atom stereocenters. The number of halogens is 2. The lowest BCUT2D eigenvalue weighted by Crippen LogP contribution is -2.43. The molecule has 2 aliphatic rings. The summed E-state index contributed by atoms with van der Waals surface area (Å²) in [6.45, 7) is 3.96. The summed E-state index contributed by atoms with van der Waals surface area (Å²) in [5.41, 5.74) is 0.805. The predicted octanol–water partition coefficient (Wildman–Crippen LogP) is 3.71. The van der Waals surface area contributed by atoms with E-state index >= 15 is 0 Å². The van der Waals surface area contributed by atoms with Gasteiger partial charge in [0.25, 0.3) is 5.91 Å². The molecule has 2 saturated heterocycles. The molecule has 1 N–H and O–H groups in total. The lowest BCUT2D eigenvalue weighted by molar-refractivity contribution is 0.0642. The van der Waals surface area contributed by atoms with Crippen LogP contribution >= 0.6 is 28.3 Å². The summed E-state index contributed by atoms with van der Waals surface area (Å²) < 4.78 is 1.06. The molecule has 0 aliphatic carbocycles. The van der Waals surface area contributed by atoms with Crippen molar-refractivity contribution in [3.05, 3.63) is 46.4 Å². The molecule has 2 heterocycles. The molecule has 0 saturated carbocycles. The maximum atomic E-state index is 12.8. The zero-order chi connectivity index (χ0) is 15.1. The summed E-state index contributed by atoms with van der Waals surface area (Å²) in [5.74, 6) is 1.57. The van der Waals surface area contributed by atoms with Gasteiger partial charge in [0, 0.05) is 23.1 Å². The number of benzene rings is 2. The van der Waals surface area contributed by atoms with E-state index in [1.165, 1.54) is 0 Å². The molecule has 2 aromatic rings. The fraction of sp³-hybridized carbons (Fsp3) is 0.389. The Labute approximate surface area is 151 Å². The standard InChI is InChI=1S/C18H19BrN2O.ClH/c19-17-4-3-12-7-14(2-1-13(12)8-17)18(22)21-6-5-15-9-20-10-16(15)11-21;/h1-4,7-8,15-16,20H,5-6,9-11H2;1H. The third-order valence-corrected chi connectivity index (χ3v) is 5.53. The number of piperidine rings is 1. The average molecular weight is 396 g/mol. The van der Waals surface area contributed by atoms with Gasteiger partial charge in [0.15, 0.2) is 0 Å². The highest BCUT2D eigenvalue weighted by atomic mass is 79.9. The SMILES string of the molecule is Cl.O=C(c1ccc2cc(Br)ccc2c1)N1CCC2CNCC2C1. The average Bonchev–Trinajstić information content (AvgIpc) is 3.01. The first-order chi connectivity index (χ1) is 10.7. The van der Waals surface area contributed by atoms with Crippen molar-refractivity contribution in [2.75, 3.05) is 26.2 Å². The van der Waals surface area contributed by atoms with Crippen LogP contribution in [-0.2, 0) is 0 Å². The van der Waals surface area contributed by atoms with Gasteiger partial charge in [-0.2, -0.15) is 0 Å². The van der Waals surface area contributed by atoms with E-state index in [1.807, 2.05) is 29.2 Å². The summed E-state index contributed by atoms with van der Waals surface area (Å²) >= 11 is 3.49. The largest absolute Gasteiger partial charge is 0.338 e. The Balaban J connectivity index is 0.00000156. The van der Waals surface area contributed by atoms with E-state index in [2.05, 4.69) is 33.4 Å². The number of carbonyl (C=O) groups is 1. The van der Waals surface area contributed by atoms with Crippen LogP contribution in [-0.4, -0.2) is 37.0 Å². The Hall–Kier alpha value is -1.10. The Morgan fingerprint density at radius 1 is 1.09 bits per heavy atom. The lowest BCUT2D eigenvalue weighted by Gasteiger charge is -2.34.